The fourth-order valence-electron chi connectivity index (χ4n) is 3.38. The molecular weight excluding hydrogens is 292 g/mol. The summed E-state index contributed by atoms with van der Waals surface area (Å²) in [5.74, 6) is 0.933. The summed E-state index contributed by atoms with van der Waals surface area (Å²) in [5, 5.41) is 14.4. The van der Waals surface area contributed by atoms with E-state index in [4.69, 9.17) is 5.11 Å². The van der Waals surface area contributed by atoms with Crippen LogP contribution >= 0.6 is 0 Å². The molecule has 2 aromatic rings. The highest BCUT2D eigenvalue weighted by molar-refractivity contribution is 5.86. The highest BCUT2D eigenvalue weighted by Crippen LogP contribution is 2.26. The second-order valence-corrected chi connectivity index (χ2v) is 6.50. The molecule has 0 aromatic carbocycles. The number of piperidine rings is 1. The van der Waals surface area contributed by atoms with Gasteiger partial charge < -0.3 is 14.9 Å². The molecule has 1 saturated heterocycles. The third-order valence-electron chi connectivity index (χ3n) is 4.84. The Morgan fingerprint density at radius 3 is 2.70 bits per heavy atom. The Kier molecular flexibility index (Phi) is 4.77. The SMILES string of the molecule is CC(C)N1CCC(N(C)c2ncnc3c2cnn3CCO)CC1. The van der Waals surface area contributed by atoms with E-state index in [2.05, 4.69) is 45.8 Å². The number of fused-ring (bicyclic) bond motifs is 1. The van der Waals surface area contributed by atoms with Gasteiger partial charge in [-0.1, -0.05) is 0 Å². The van der Waals surface area contributed by atoms with Crippen molar-refractivity contribution in [3.8, 4) is 0 Å². The zero-order valence-corrected chi connectivity index (χ0v) is 14.2. The molecule has 3 rings (SSSR count). The van der Waals surface area contributed by atoms with Crippen LogP contribution in [0.15, 0.2) is 12.5 Å². The number of aromatic nitrogens is 4. The van der Waals surface area contributed by atoms with Crippen molar-refractivity contribution in [1.82, 2.24) is 24.6 Å². The van der Waals surface area contributed by atoms with Crippen LogP contribution in [0.5, 0.6) is 0 Å². The van der Waals surface area contributed by atoms with Crippen molar-refractivity contribution in [3.05, 3.63) is 12.5 Å². The number of rotatable bonds is 5. The maximum absolute atomic E-state index is 9.13. The standard InChI is InChI=1S/C16H26N6O/c1-12(2)21-6-4-13(5-7-21)20(3)15-14-10-19-22(8-9-23)16(14)18-11-17-15/h10-13,23H,4-9H2,1-3H3. The molecule has 0 aliphatic carbocycles. The van der Waals surface area contributed by atoms with E-state index in [1.54, 1.807) is 17.2 Å². The van der Waals surface area contributed by atoms with Gasteiger partial charge in [0.25, 0.3) is 0 Å². The number of aliphatic hydroxyl groups excluding tert-OH is 1. The Morgan fingerprint density at radius 1 is 1.30 bits per heavy atom. The second kappa shape index (κ2) is 6.80. The normalized spacial score (nSPS) is 17.3. The van der Waals surface area contributed by atoms with Crippen LogP contribution in [0.2, 0.25) is 0 Å². The molecule has 0 unspecified atom stereocenters. The van der Waals surface area contributed by atoms with Crippen molar-refractivity contribution in [1.29, 1.82) is 0 Å². The molecular formula is C16H26N6O. The Morgan fingerprint density at radius 2 is 2.04 bits per heavy atom. The second-order valence-electron chi connectivity index (χ2n) is 6.50. The van der Waals surface area contributed by atoms with E-state index in [1.807, 2.05) is 0 Å². The molecule has 1 fully saturated rings. The summed E-state index contributed by atoms with van der Waals surface area (Å²) < 4.78 is 1.73. The van der Waals surface area contributed by atoms with Gasteiger partial charge in [-0.15, -0.1) is 0 Å². The largest absolute Gasteiger partial charge is 0.394 e. The molecule has 7 heteroatoms. The van der Waals surface area contributed by atoms with E-state index in [0.717, 1.165) is 42.8 Å². The number of hydrogen-bond acceptors (Lipinski definition) is 6. The molecule has 7 nitrogen and oxygen atoms in total. The average molecular weight is 318 g/mol. The maximum atomic E-state index is 9.13. The van der Waals surface area contributed by atoms with E-state index < -0.39 is 0 Å². The summed E-state index contributed by atoms with van der Waals surface area (Å²) in [6.07, 6.45) is 5.68. The van der Waals surface area contributed by atoms with E-state index >= 15 is 0 Å². The molecule has 126 valence electrons. The first-order chi connectivity index (χ1) is 11.1. The van der Waals surface area contributed by atoms with Gasteiger partial charge >= 0.3 is 0 Å². The van der Waals surface area contributed by atoms with Crippen molar-refractivity contribution in [2.45, 2.75) is 45.3 Å². The first-order valence-electron chi connectivity index (χ1n) is 8.36. The van der Waals surface area contributed by atoms with Crippen molar-refractivity contribution in [2.75, 3.05) is 31.6 Å². The monoisotopic (exact) mass is 318 g/mol. The lowest BCUT2D eigenvalue weighted by molar-refractivity contribution is 0.171. The minimum Gasteiger partial charge on any atom is -0.394 e. The minimum atomic E-state index is 0.0552. The summed E-state index contributed by atoms with van der Waals surface area (Å²) in [4.78, 5) is 13.6. The molecule has 0 radical (unpaired) electrons. The van der Waals surface area contributed by atoms with Gasteiger partial charge in [0.2, 0.25) is 0 Å². The van der Waals surface area contributed by atoms with Gasteiger partial charge in [-0.25, -0.2) is 14.6 Å². The van der Waals surface area contributed by atoms with Crippen LogP contribution < -0.4 is 4.90 Å². The van der Waals surface area contributed by atoms with Gasteiger partial charge in [0.15, 0.2) is 5.65 Å². The topological polar surface area (TPSA) is 70.3 Å². The number of likely N-dealkylation sites (tertiary alicyclic amines) is 1. The highest BCUT2D eigenvalue weighted by atomic mass is 16.3. The first kappa shape index (κ1) is 16.1. The lowest BCUT2D eigenvalue weighted by atomic mass is 10.0. The minimum absolute atomic E-state index is 0.0552. The summed E-state index contributed by atoms with van der Waals surface area (Å²) in [6, 6.07) is 1.10. The maximum Gasteiger partial charge on any atom is 0.163 e. The third-order valence-corrected chi connectivity index (χ3v) is 4.84. The van der Waals surface area contributed by atoms with E-state index in [9.17, 15) is 0 Å². The van der Waals surface area contributed by atoms with Crippen LogP contribution in [-0.4, -0.2) is 68.6 Å². The molecule has 2 aromatic heterocycles. The van der Waals surface area contributed by atoms with Gasteiger partial charge in [-0.2, -0.15) is 5.10 Å². The predicted octanol–water partition coefficient (Wildman–Crippen LogP) is 1.13. The number of hydrogen-bond donors (Lipinski definition) is 1. The number of anilines is 1. The van der Waals surface area contributed by atoms with Crippen LogP contribution in [0.4, 0.5) is 5.82 Å². The first-order valence-corrected chi connectivity index (χ1v) is 8.36. The molecule has 1 aliphatic rings. The zero-order chi connectivity index (χ0) is 16.4. The van der Waals surface area contributed by atoms with Gasteiger partial charge in [0, 0.05) is 32.2 Å². The molecule has 0 spiro atoms. The molecule has 23 heavy (non-hydrogen) atoms. The third kappa shape index (κ3) is 3.16. The molecule has 0 amide bonds. The molecule has 0 saturated carbocycles. The summed E-state index contributed by atoms with van der Waals surface area (Å²) in [7, 11) is 2.11. The summed E-state index contributed by atoms with van der Waals surface area (Å²) >= 11 is 0. The van der Waals surface area contributed by atoms with Crippen molar-refractivity contribution in [3.63, 3.8) is 0 Å². The zero-order valence-electron chi connectivity index (χ0n) is 14.2. The summed E-state index contributed by atoms with van der Waals surface area (Å²) in [6.45, 7) is 7.28. The van der Waals surface area contributed by atoms with Crippen LogP contribution in [-0.2, 0) is 6.54 Å². The van der Waals surface area contributed by atoms with Crippen molar-refractivity contribution in [2.24, 2.45) is 0 Å². The van der Waals surface area contributed by atoms with Crippen LogP contribution in [0.3, 0.4) is 0 Å². The van der Waals surface area contributed by atoms with Crippen LogP contribution in [0, 0.1) is 0 Å². The van der Waals surface area contributed by atoms with E-state index in [0.29, 0.717) is 18.6 Å². The fourth-order valence-corrected chi connectivity index (χ4v) is 3.38. The average Bonchev–Trinajstić information content (AvgIpc) is 2.98. The molecule has 3 heterocycles. The molecule has 0 atom stereocenters. The predicted molar refractivity (Wildman–Crippen MR) is 90.5 cm³/mol. The molecule has 0 bridgehead atoms. The Hall–Kier alpha value is -1.73. The quantitative estimate of drug-likeness (QED) is 0.891. The lowest BCUT2D eigenvalue weighted by Gasteiger charge is -2.39. The molecule has 1 aliphatic heterocycles. The fraction of sp³-hybridized carbons (Fsp3) is 0.688. The van der Waals surface area contributed by atoms with Gasteiger partial charge in [-0.05, 0) is 26.7 Å². The van der Waals surface area contributed by atoms with Crippen LogP contribution in [0.25, 0.3) is 11.0 Å². The lowest BCUT2D eigenvalue weighted by Crippen LogP contribution is -2.46. The Bertz CT molecular complexity index is 647. The summed E-state index contributed by atoms with van der Waals surface area (Å²) in [5.41, 5.74) is 0.788. The highest BCUT2D eigenvalue weighted by Gasteiger charge is 2.25. The van der Waals surface area contributed by atoms with Crippen LogP contribution in [0.1, 0.15) is 26.7 Å². The number of nitrogens with zero attached hydrogens (tertiary/aromatic N) is 6. The molecule has 1 N–H and O–H groups in total. The van der Waals surface area contributed by atoms with Gasteiger partial charge in [0.05, 0.1) is 24.7 Å². The Balaban J connectivity index is 1.80. The van der Waals surface area contributed by atoms with E-state index in [-0.39, 0.29) is 6.61 Å². The van der Waals surface area contributed by atoms with Crippen molar-refractivity contribution >= 4 is 16.9 Å². The van der Waals surface area contributed by atoms with Gasteiger partial charge in [-0.3, -0.25) is 0 Å². The van der Waals surface area contributed by atoms with Gasteiger partial charge in [0.1, 0.15) is 12.1 Å². The van der Waals surface area contributed by atoms with E-state index in [1.165, 1.54) is 0 Å². The number of aliphatic hydroxyl groups is 1. The van der Waals surface area contributed by atoms with Crippen molar-refractivity contribution < 1.29 is 5.11 Å². The smallest absolute Gasteiger partial charge is 0.163 e. The Labute approximate surface area is 136 Å².